The molecule has 19 heavy (non-hydrogen) atoms. The van der Waals surface area contributed by atoms with Crippen LogP contribution in [0.25, 0.3) is 5.57 Å². The molecule has 6 heteroatoms. The quantitative estimate of drug-likeness (QED) is 0.788. The number of hydrogen-bond donors (Lipinski definition) is 0. The van der Waals surface area contributed by atoms with Gasteiger partial charge in [-0.3, -0.25) is 4.98 Å². The normalized spacial score (nSPS) is 10.5. The maximum absolute atomic E-state index is 12.4. The Morgan fingerprint density at radius 2 is 1.95 bits per heavy atom. The van der Waals surface area contributed by atoms with Crippen molar-refractivity contribution < 1.29 is 17.9 Å². The third-order valence-corrected chi connectivity index (χ3v) is 2.12. The topological polar surface area (TPSA) is 22.1 Å². The van der Waals surface area contributed by atoms with Crippen LogP contribution in [0.4, 0.5) is 13.2 Å². The van der Waals surface area contributed by atoms with Crippen LogP contribution >= 0.6 is 0 Å². The van der Waals surface area contributed by atoms with Crippen LogP contribution in [0.3, 0.4) is 0 Å². The summed E-state index contributed by atoms with van der Waals surface area (Å²) in [6, 6.07) is 1.26. The Bertz CT molecular complexity index is 421. The number of aryl methyl sites for hydroxylation is 1. The fourth-order valence-electron chi connectivity index (χ4n) is 1.32. The minimum Gasteiger partial charge on any atom is -0.493 e. The first kappa shape index (κ1) is 17.5. The number of pyridine rings is 1. The van der Waals surface area contributed by atoms with E-state index in [1.54, 1.807) is 13.8 Å². The first-order chi connectivity index (χ1) is 8.77. The van der Waals surface area contributed by atoms with E-state index in [1.165, 1.54) is 6.07 Å². The van der Waals surface area contributed by atoms with Gasteiger partial charge in [0.15, 0.2) is 0 Å². The maximum Gasteiger partial charge on any atom is 0.417 e. The smallest absolute Gasteiger partial charge is 0.417 e. The number of alkyl halides is 3. The van der Waals surface area contributed by atoms with E-state index in [0.717, 1.165) is 0 Å². The van der Waals surface area contributed by atoms with Gasteiger partial charge in [0.1, 0.15) is 13.6 Å². The van der Waals surface area contributed by atoms with Gasteiger partial charge < -0.3 is 4.74 Å². The van der Waals surface area contributed by atoms with Crippen LogP contribution in [0.1, 0.15) is 32.0 Å². The second-order valence-electron chi connectivity index (χ2n) is 3.45. The van der Waals surface area contributed by atoms with Crippen LogP contribution < -0.4 is 10.3 Å². The lowest BCUT2D eigenvalue weighted by Crippen LogP contribution is -2.19. The average molecular weight is 271 g/mol. The first-order valence-corrected chi connectivity index (χ1v) is 5.93. The van der Waals surface area contributed by atoms with Crippen LogP contribution in [0.2, 0.25) is 0 Å². The van der Waals surface area contributed by atoms with Gasteiger partial charge in [-0.2, -0.15) is 13.2 Å². The molecule has 0 aliphatic heterocycles. The van der Waals surface area contributed by atoms with Gasteiger partial charge in [-0.05, 0) is 25.5 Å². The summed E-state index contributed by atoms with van der Waals surface area (Å²) < 4.78 is 42.5. The van der Waals surface area contributed by atoms with Crippen molar-refractivity contribution in [1.82, 2.24) is 4.98 Å². The van der Waals surface area contributed by atoms with Crippen LogP contribution in [0, 0.1) is 6.92 Å². The number of aromatic nitrogens is 1. The molecule has 0 aliphatic rings. The van der Waals surface area contributed by atoms with Crippen molar-refractivity contribution in [3.8, 4) is 5.75 Å². The average Bonchev–Trinajstić information content (AvgIpc) is 2.34. The molecule has 2 nitrogen and oxygen atoms in total. The number of halogens is 3. The summed E-state index contributed by atoms with van der Waals surface area (Å²) in [6.07, 6.45) is -4.51. The lowest BCUT2D eigenvalue weighted by molar-refractivity contribution is -0.0688. The highest BCUT2D eigenvalue weighted by atomic mass is 19.4. The van der Waals surface area contributed by atoms with E-state index in [2.05, 4.69) is 11.6 Å². The highest BCUT2D eigenvalue weighted by molar-refractivity contribution is 6.32. The van der Waals surface area contributed by atoms with Gasteiger partial charge in [0.25, 0.3) is 0 Å². The number of nitrogens with zero attached hydrogens (tertiary/aromatic N) is 1. The molecular formula is C13H17BF3NO. The van der Waals surface area contributed by atoms with Gasteiger partial charge in [-0.15, -0.1) is 0 Å². The van der Waals surface area contributed by atoms with Gasteiger partial charge >= 0.3 is 6.18 Å². The van der Waals surface area contributed by atoms with E-state index in [4.69, 9.17) is 12.6 Å². The summed E-state index contributed by atoms with van der Waals surface area (Å²) in [5.74, 6) is 0.311. The van der Waals surface area contributed by atoms with E-state index in [0.29, 0.717) is 17.9 Å². The summed E-state index contributed by atoms with van der Waals surface area (Å²) in [4.78, 5) is 3.65. The minimum absolute atomic E-state index is 0.0627. The summed E-state index contributed by atoms with van der Waals surface area (Å²) in [5.41, 5.74) is -0.863. The van der Waals surface area contributed by atoms with E-state index in [9.17, 15) is 13.2 Å². The zero-order valence-electron chi connectivity index (χ0n) is 11.6. The number of rotatable bonds is 3. The molecule has 0 N–H and O–H groups in total. The SMILES string of the molecule is CC.[B]c1nc(C(=C)C(F)(F)F)cc(C)c1OCC. The molecule has 104 valence electrons. The highest BCUT2D eigenvalue weighted by Crippen LogP contribution is 2.32. The standard InChI is InChI=1S/C11H11BF3NO.C2H6/c1-4-17-9-6(2)5-8(16-10(9)12)7(3)11(13,14)15;1-2/h5H,3-4H2,1-2H3;1-2H3. The molecule has 0 aliphatic carbocycles. The van der Waals surface area contributed by atoms with Crippen LogP contribution in [0.15, 0.2) is 12.6 Å². The monoisotopic (exact) mass is 271 g/mol. The zero-order valence-corrected chi connectivity index (χ0v) is 11.6. The fourth-order valence-corrected chi connectivity index (χ4v) is 1.32. The van der Waals surface area contributed by atoms with Crippen molar-refractivity contribution in [3.05, 3.63) is 23.9 Å². The maximum atomic E-state index is 12.4. The molecule has 1 rings (SSSR count). The molecule has 0 spiro atoms. The molecule has 0 amide bonds. The van der Waals surface area contributed by atoms with E-state index < -0.39 is 11.7 Å². The zero-order chi connectivity index (χ0) is 15.2. The number of allylic oxidation sites excluding steroid dienone is 1. The number of ether oxygens (including phenoxy) is 1. The predicted molar refractivity (Wildman–Crippen MR) is 72.0 cm³/mol. The van der Waals surface area contributed by atoms with Gasteiger partial charge in [-0.25, -0.2) is 0 Å². The molecule has 1 aromatic rings. The molecule has 0 aromatic carbocycles. The van der Waals surface area contributed by atoms with Crippen molar-refractivity contribution in [2.75, 3.05) is 6.61 Å². The molecule has 0 bridgehead atoms. The van der Waals surface area contributed by atoms with Crippen molar-refractivity contribution in [1.29, 1.82) is 0 Å². The molecule has 0 saturated heterocycles. The predicted octanol–water partition coefficient (Wildman–Crippen LogP) is 3.18. The van der Waals surface area contributed by atoms with E-state index in [1.807, 2.05) is 13.8 Å². The van der Waals surface area contributed by atoms with Gasteiger partial charge in [0.05, 0.1) is 17.9 Å². The summed E-state index contributed by atoms with van der Waals surface area (Å²) in [6.45, 7) is 10.7. The second-order valence-corrected chi connectivity index (χ2v) is 3.45. The number of hydrogen-bond acceptors (Lipinski definition) is 2. The molecule has 1 aromatic heterocycles. The van der Waals surface area contributed by atoms with E-state index in [-0.39, 0.29) is 11.3 Å². The third kappa shape index (κ3) is 4.61. The van der Waals surface area contributed by atoms with Crippen molar-refractivity contribution in [2.24, 2.45) is 0 Å². The van der Waals surface area contributed by atoms with Crippen LogP contribution in [0.5, 0.6) is 5.75 Å². The molecule has 0 fully saturated rings. The van der Waals surface area contributed by atoms with Crippen molar-refractivity contribution in [3.63, 3.8) is 0 Å². The molecule has 0 saturated carbocycles. The molecule has 0 atom stereocenters. The molecule has 0 unspecified atom stereocenters. The Labute approximate surface area is 113 Å². The minimum atomic E-state index is -4.51. The first-order valence-electron chi connectivity index (χ1n) is 5.93. The Morgan fingerprint density at radius 1 is 1.42 bits per heavy atom. The van der Waals surface area contributed by atoms with Gasteiger partial charge in [0.2, 0.25) is 0 Å². The molecule has 2 radical (unpaired) electrons. The van der Waals surface area contributed by atoms with E-state index >= 15 is 0 Å². The van der Waals surface area contributed by atoms with Gasteiger partial charge in [0, 0.05) is 5.59 Å². The lowest BCUT2D eigenvalue weighted by atomic mass is 9.98. The van der Waals surface area contributed by atoms with Crippen molar-refractivity contribution >= 4 is 19.0 Å². The fraction of sp³-hybridized carbons (Fsp3) is 0.462. The summed E-state index contributed by atoms with van der Waals surface area (Å²) in [5, 5.41) is 0. The molecule has 1 heterocycles. The Hall–Kier alpha value is -1.46. The summed E-state index contributed by atoms with van der Waals surface area (Å²) >= 11 is 0. The lowest BCUT2D eigenvalue weighted by Gasteiger charge is -2.15. The third-order valence-electron chi connectivity index (χ3n) is 2.12. The second kappa shape index (κ2) is 7.21. The van der Waals surface area contributed by atoms with Gasteiger partial charge in [-0.1, -0.05) is 20.4 Å². The summed E-state index contributed by atoms with van der Waals surface area (Å²) in [7, 11) is 5.54. The Kier molecular flexibility index (Phi) is 6.66. The van der Waals surface area contributed by atoms with Crippen LogP contribution in [-0.2, 0) is 0 Å². The molecular weight excluding hydrogens is 254 g/mol. The Balaban J connectivity index is 0.00000154. The van der Waals surface area contributed by atoms with Crippen molar-refractivity contribution in [2.45, 2.75) is 33.9 Å². The van der Waals surface area contributed by atoms with Crippen LogP contribution in [-0.4, -0.2) is 25.6 Å². The largest absolute Gasteiger partial charge is 0.493 e. The highest BCUT2D eigenvalue weighted by Gasteiger charge is 2.34. The Morgan fingerprint density at radius 3 is 2.32 bits per heavy atom.